The smallest absolute Gasteiger partial charge is 0.251 e. The van der Waals surface area contributed by atoms with Crippen LogP contribution in [0.2, 0.25) is 0 Å². The second-order valence-electron chi connectivity index (χ2n) is 10.7. The second-order valence-corrected chi connectivity index (χ2v) is 11.6. The third-order valence-electron chi connectivity index (χ3n) is 8.19. The van der Waals surface area contributed by atoms with Gasteiger partial charge in [0, 0.05) is 50.2 Å². The molecule has 6 rings (SSSR count). The number of carbonyl (C=O) groups excluding carboxylic acids is 1. The number of nitrogens with zero attached hydrogens (tertiary/aromatic N) is 3. The third-order valence-corrected chi connectivity index (χ3v) is 9.01. The van der Waals surface area contributed by atoms with Crippen LogP contribution in [-0.2, 0) is 0 Å². The number of aromatic nitrogens is 1. The van der Waals surface area contributed by atoms with Crippen molar-refractivity contribution in [3.8, 4) is 11.5 Å². The fourth-order valence-electron chi connectivity index (χ4n) is 6.02. The van der Waals surface area contributed by atoms with Gasteiger partial charge < -0.3 is 15.0 Å². The number of nitrogens with one attached hydrogen (secondary N) is 1. The number of para-hydroxylation sites is 1. The van der Waals surface area contributed by atoms with Crippen molar-refractivity contribution in [1.29, 1.82) is 0 Å². The molecule has 1 saturated carbocycles. The summed E-state index contributed by atoms with van der Waals surface area (Å²) in [5, 5.41) is 4.52. The first kappa shape index (κ1) is 25.8. The number of ether oxygens (including phenoxy) is 1. The lowest BCUT2D eigenvalue weighted by molar-refractivity contribution is 0.0920. The van der Waals surface area contributed by atoms with Gasteiger partial charge in [0.15, 0.2) is 0 Å². The molecule has 1 amide bonds. The van der Waals surface area contributed by atoms with E-state index < -0.39 is 0 Å². The predicted octanol–water partition coefficient (Wildman–Crippen LogP) is 6.45. The number of hydrogen-bond donors (Lipinski definition) is 1. The first-order valence-corrected chi connectivity index (χ1v) is 14.9. The van der Waals surface area contributed by atoms with Crippen molar-refractivity contribution in [1.82, 2.24) is 14.6 Å². The highest BCUT2D eigenvalue weighted by atomic mass is 32.1. The van der Waals surface area contributed by atoms with E-state index in [4.69, 9.17) is 9.11 Å². The Morgan fingerprint density at radius 1 is 0.872 bits per heavy atom. The van der Waals surface area contributed by atoms with Crippen LogP contribution in [-0.4, -0.2) is 54.4 Å². The van der Waals surface area contributed by atoms with Crippen LogP contribution in [0, 0.1) is 11.8 Å². The van der Waals surface area contributed by atoms with Gasteiger partial charge >= 0.3 is 0 Å². The molecule has 2 aliphatic rings. The molecule has 202 valence electrons. The van der Waals surface area contributed by atoms with Crippen molar-refractivity contribution in [2.75, 3.05) is 44.2 Å². The van der Waals surface area contributed by atoms with Crippen molar-refractivity contribution < 1.29 is 9.53 Å². The van der Waals surface area contributed by atoms with Gasteiger partial charge in [0.1, 0.15) is 17.3 Å². The van der Waals surface area contributed by atoms with Crippen LogP contribution in [0.4, 0.5) is 5.82 Å². The van der Waals surface area contributed by atoms with Crippen molar-refractivity contribution in [3.63, 3.8) is 0 Å². The zero-order chi connectivity index (χ0) is 26.4. The molecule has 0 spiro atoms. The number of amides is 1. The average molecular weight is 541 g/mol. The summed E-state index contributed by atoms with van der Waals surface area (Å²) < 4.78 is 12.0. The lowest BCUT2D eigenvalue weighted by Crippen LogP contribution is -2.49. The summed E-state index contributed by atoms with van der Waals surface area (Å²) in [5.41, 5.74) is 0.640. The van der Waals surface area contributed by atoms with Crippen molar-refractivity contribution >= 4 is 33.3 Å². The van der Waals surface area contributed by atoms with E-state index in [1.54, 1.807) is 11.5 Å². The summed E-state index contributed by atoms with van der Waals surface area (Å²) in [7, 11) is 0. The normalized spacial score (nSPS) is 20.2. The van der Waals surface area contributed by atoms with Crippen LogP contribution >= 0.6 is 11.5 Å². The monoisotopic (exact) mass is 540 g/mol. The summed E-state index contributed by atoms with van der Waals surface area (Å²) in [6, 6.07) is 25.6. The number of benzene rings is 3. The summed E-state index contributed by atoms with van der Waals surface area (Å²) in [6.45, 7) is 6.02. The third kappa shape index (κ3) is 6.26. The average Bonchev–Trinajstić information content (AvgIpc) is 3.42. The van der Waals surface area contributed by atoms with Crippen molar-refractivity contribution in [2.24, 2.45) is 11.8 Å². The molecule has 0 unspecified atom stereocenters. The van der Waals surface area contributed by atoms with E-state index in [9.17, 15) is 4.79 Å². The molecule has 2 atom stereocenters. The zero-order valence-electron chi connectivity index (χ0n) is 22.3. The molecule has 1 aliphatic heterocycles. The van der Waals surface area contributed by atoms with Crippen molar-refractivity contribution in [2.45, 2.75) is 25.7 Å². The molecule has 6 nitrogen and oxygen atoms in total. The summed E-state index contributed by atoms with van der Waals surface area (Å²) in [5.74, 6) is 3.70. The summed E-state index contributed by atoms with van der Waals surface area (Å²) >= 11 is 1.60. The van der Waals surface area contributed by atoms with Gasteiger partial charge in [-0.25, -0.2) is 0 Å². The molecule has 2 fully saturated rings. The van der Waals surface area contributed by atoms with Crippen LogP contribution in [0.25, 0.3) is 10.1 Å². The van der Waals surface area contributed by atoms with Gasteiger partial charge in [-0.1, -0.05) is 49.2 Å². The lowest BCUT2D eigenvalue weighted by atomic mass is 9.78. The lowest BCUT2D eigenvalue weighted by Gasteiger charge is -2.40. The van der Waals surface area contributed by atoms with Gasteiger partial charge in [0.05, 0.1) is 4.70 Å². The van der Waals surface area contributed by atoms with Gasteiger partial charge in [-0.15, -0.1) is 0 Å². The first-order chi connectivity index (χ1) is 19.2. The molecule has 1 aliphatic carbocycles. The quantitative estimate of drug-likeness (QED) is 0.278. The first-order valence-electron chi connectivity index (χ1n) is 14.2. The molecule has 0 bridgehead atoms. The Bertz CT molecular complexity index is 1380. The topological polar surface area (TPSA) is 57.7 Å². The van der Waals surface area contributed by atoms with E-state index in [0.29, 0.717) is 23.1 Å². The second kappa shape index (κ2) is 12.2. The number of hydrogen-bond acceptors (Lipinski definition) is 6. The molecular weight excluding hydrogens is 504 g/mol. The Kier molecular flexibility index (Phi) is 8.07. The van der Waals surface area contributed by atoms with Crippen LogP contribution in [0.3, 0.4) is 0 Å². The fraction of sp³-hybridized carbons (Fsp3) is 0.375. The molecule has 1 aromatic heterocycles. The van der Waals surface area contributed by atoms with Gasteiger partial charge in [-0.05, 0) is 78.7 Å². The molecule has 3 aromatic carbocycles. The largest absolute Gasteiger partial charge is 0.457 e. The fourth-order valence-corrected chi connectivity index (χ4v) is 6.82. The van der Waals surface area contributed by atoms with Crippen molar-refractivity contribution in [3.05, 3.63) is 84.4 Å². The maximum Gasteiger partial charge on any atom is 0.251 e. The van der Waals surface area contributed by atoms with Crippen LogP contribution in [0.15, 0.2) is 78.9 Å². The highest BCUT2D eigenvalue weighted by molar-refractivity contribution is 7.13. The molecule has 2 heterocycles. The molecule has 0 radical (unpaired) electrons. The number of rotatable bonds is 8. The Morgan fingerprint density at radius 2 is 1.62 bits per heavy atom. The molecule has 1 saturated heterocycles. The standard InChI is InChI=1S/C32H36N4O2S/c37-32(24-11-8-14-28(21-24)38-27-12-2-1-3-13-27)33-22-25-9-4-5-10-26(25)23-35-17-19-36(20-18-35)31-29-15-6-7-16-30(29)39-34-31/h1-3,6-8,11-16,21,25-26H,4-5,9-10,17-20,22-23H2,(H,33,37)/t25-,26-/m1/s1. The van der Waals surface area contributed by atoms with Gasteiger partial charge in [-0.2, -0.15) is 4.37 Å². The minimum Gasteiger partial charge on any atom is -0.457 e. The molecular formula is C32H36N4O2S. The summed E-state index contributed by atoms with van der Waals surface area (Å²) in [4.78, 5) is 18.1. The van der Waals surface area contributed by atoms with E-state index >= 15 is 0 Å². The number of carbonyl (C=O) groups is 1. The predicted molar refractivity (Wildman–Crippen MR) is 159 cm³/mol. The Hall–Kier alpha value is -3.42. The van der Waals surface area contributed by atoms with Gasteiger partial charge in [-0.3, -0.25) is 9.69 Å². The molecule has 4 aromatic rings. The maximum absolute atomic E-state index is 13.0. The van der Waals surface area contributed by atoms with Gasteiger partial charge in [0.25, 0.3) is 5.91 Å². The van der Waals surface area contributed by atoms with Crippen LogP contribution in [0.1, 0.15) is 36.0 Å². The zero-order valence-corrected chi connectivity index (χ0v) is 23.1. The van der Waals surface area contributed by atoms with E-state index in [1.165, 1.54) is 35.8 Å². The SMILES string of the molecule is O=C(NC[C@H]1CCCC[C@@H]1CN1CCN(c2nsc3ccccc23)CC1)c1cccc(Oc2ccccc2)c1. The number of piperazine rings is 1. The van der Waals surface area contributed by atoms with E-state index in [2.05, 4.69) is 39.4 Å². The van der Waals surface area contributed by atoms with Crippen LogP contribution < -0.4 is 15.0 Å². The number of anilines is 1. The van der Waals surface area contributed by atoms with E-state index in [0.717, 1.165) is 50.8 Å². The highest BCUT2D eigenvalue weighted by Crippen LogP contribution is 2.32. The Labute approximate surface area is 234 Å². The molecule has 1 N–H and O–H groups in total. The Morgan fingerprint density at radius 3 is 2.46 bits per heavy atom. The van der Waals surface area contributed by atoms with E-state index in [1.807, 2.05) is 54.6 Å². The maximum atomic E-state index is 13.0. The van der Waals surface area contributed by atoms with E-state index in [-0.39, 0.29) is 5.91 Å². The highest BCUT2D eigenvalue weighted by Gasteiger charge is 2.29. The minimum absolute atomic E-state index is 0.0260. The minimum atomic E-state index is -0.0260. The molecule has 7 heteroatoms. The molecule has 39 heavy (non-hydrogen) atoms. The van der Waals surface area contributed by atoms with Gasteiger partial charge in [0.2, 0.25) is 0 Å². The summed E-state index contributed by atoms with van der Waals surface area (Å²) in [6.07, 6.45) is 4.98. The number of fused-ring (bicyclic) bond motifs is 1. The Balaban J connectivity index is 1.01. The van der Waals surface area contributed by atoms with Crippen LogP contribution in [0.5, 0.6) is 11.5 Å².